The summed E-state index contributed by atoms with van der Waals surface area (Å²) in [7, 11) is 1.73. The molecule has 0 aromatic carbocycles. The fourth-order valence-electron chi connectivity index (χ4n) is 1.85. The summed E-state index contributed by atoms with van der Waals surface area (Å²) >= 11 is 0. The van der Waals surface area contributed by atoms with Gasteiger partial charge in [-0.15, -0.1) is 0 Å². The average Bonchev–Trinajstić information content (AvgIpc) is 2.49. The first-order chi connectivity index (χ1) is 8.00. The van der Waals surface area contributed by atoms with Crippen LogP contribution >= 0.6 is 0 Å². The van der Waals surface area contributed by atoms with E-state index in [1.807, 2.05) is 13.8 Å². The van der Waals surface area contributed by atoms with Crippen molar-refractivity contribution in [3.63, 3.8) is 0 Å². The number of nitrogens with zero attached hydrogens (tertiary/aromatic N) is 3. The molecule has 2 rings (SSSR count). The molecule has 0 atom stereocenters. The van der Waals surface area contributed by atoms with Gasteiger partial charge in [-0.25, -0.2) is 4.68 Å². The minimum atomic E-state index is -0.350. The number of hydrogen-bond acceptors (Lipinski definition) is 5. The molecular weight excluding hydrogens is 222 g/mol. The number of aromatic nitrogens is 2. The van der Waals surface area contributed by atoms with Crippen LogP contribution in [0.2, 0.25) is 0 Å². The number of nitrogens with one attached hydrogen (secondary N) is 2. The number of rotatable bonds is 4. The second kappa shape index (κ2) is 4.33. The highest BCUT2D eigenvalue weighted by Gasteiger charge is 2.30. The van der Waals surface area contributed by atoms with Crippen LogP contribution in [0.25, 0.3) is 0 Å². The summed E-state index contributed by atoms with van der Waals surface area (Å²) in [5.41, 5.74) is 0.640. The van der Waals surface area contributed by atoms with Crippen molar-refractivity contribution in [3.8, 4) is 0 Å². The molecular formula is C10H17N5O2. The molecule has 0 aliphatic carbocycles. The number of aryl methyl sites for hydroxylation is 1. The lowest BCUT2D eigenvalue weighted by molar-refractivity contribution is -0.384. The van der Waals surface area contributed by atoms with Gasteiger partial charge in [0.25, 0.3) is 0 Å². The third kappa shape index (κ3) is 2.10. The predicted molar refractivity (Wildman–Crippen MR) is 64.2 cm³/mol. The van der Waals surface area contributed by atoms with Crippen molar-refractivity contribution in [1.29, 1.82) is 0 Å². The summed E-state index contributed by atoms with van der Waals surface area (Å²) in [6.07, 6.45) is 0. The summed E-state index contributed by atoms with van der Waals surface area (Å²) in [6.45, 7) is 5.48. The highest BCUT2D eigenvalue weighted by atomic mass is 16.6. The van der Waals surface area contributed by atoms with Gasteiger partial charge in [-0.2, -0.15) is 5.10 Å². The van der Waals surface area contributed by atoms with E-state index in [-0.39, 0.29) is 22.6 Å². The Balaban J connectivity index is 2.37. The Bertz CT molecular complexity index is 436. The van der Waals surface area contributed by atoms with Gasteiger partial charge in [-0.05, 0) is 0 Å². The molecule has 1 aliphatic heterocycles. The molecule has 1 aliphatic rings. The van der Waals surface area contributed by atoms with E-state index >= 15 is 0 Å². The normalized spacial score (nSPS) is 16.0. The second-order valence-electron chi connectivity index (χ2n) is 4.62. The van der Waals surface area contributed by atoms with E-state index in [1.54, 1.807) is 11.7 Å². The molecule has 17 heavy (non-hydrogen) atoms. The van der Waals surface area contributed by atoms with E-state index in [9.17, 15) is 10.1 Å². The molecule has 1 saturated heterocycles. The summed E-state index contributed by atoms with van der Waals surface area (Å²) in [4.78, 5) is 10.8. The standard InChI is InChI=1S/C10H17N5O2/c1-6(2)8-9(15(16)17)10(14(3)13-8)12-7-4-11-5-7/h6-7,11-12H,4-5H2,1-3H3. The molecule has 0 bridgehead atoms. The fourth-order valence-corrected chi connectivity index (χ4v) is 1.85. The van der Waals surface area contributed by atoms with Gasteiger partial charge < -0.3 is 10.6 Å². The van der Waals surface area contributed by atoms with E-state index in [0.717, 1.165) is 13.1 Å². The van der Waals surface area contributed by atoms with Crippen molar-refractivity contribution < 1.29 is 4.92 Å². The molecule has 0 spiro atoms. The van der Waals surface area contributed by atoms with Crippen molar-refractivity contribution in [2.45, 2.75) is 25.8 Å². The van der Waals surface area contributed by atoms with Crippen molar-refractivity contribution in [2.75, 3.05) is 18.4 Å². The van der Waals surface area contributed by atoms with E-state index in [0.29, 0.717) is 11.5 Å². The maximum atomic E-state index is 11.1. The molecule has 94 valence electrons. The van der Waals surface area contributed by atoms with Crippen molar-refractivity contribution in [3.05, 3.63) is 15.8 Å². The highest BCUT2D eigenvalue weighted by molar-refractivity contribution is 5.61. The smallest absolute Gasteiger partial charge is 0.334 e. The molecule has 7 heteroatoms. The van der Waals surface area contributed by atoms with Crippen molar-refractivity contribution in [1.82, 2.24) is 15.1 Å². The van der Waals surface area contributed by atoms with Crippen molar-refractivity contribution in [2.24, 2.45) is 7.05 Å². The van der Waals surface area contributed by atoms with Gasteiger partial charge >= 0.3 is 5.69 Å². The van der Waals surface area contributed by atoms with Crippen LogP contribution in [0.1, 0.15) is 25.5 Å². The molecule has 0 radical (unpaired) electrons. The monoisotopic (exact) mass is 239 g/mol. The maximum Gasteiger partial charge on any atom is 0.334 e. The van der Waals surface area contributed by atoms with Crippen LogP contribution in [0.4, 0.5) is 11.5 Å². The molecule has 2 N–H and O–H groups in total. The highest BCUT2D eigenvalue weighted by Crippen LogP contribution is 2.33. The van der Waals surface area contributed by atoms with Gasteiger partial charge in [0.2, 0.25) is 5.82 Å². The lowest BCUT2D eigenvalue weighted by Crippen LogP contribution is -2.51. The minimum absolute atomic E-state index is 0.0386. The van der Waals surface area contributed by atoms with Crippen LogP contribution in [0, 0.1) is 10.1 Å². The Kier molecular flexibility index (Phi) is 3.01. The topological polar surface area (TPSA) is 85.0 Å². The lowest BCUT2D eigenvalue weighted by Gasteiger charge is -2.28. The quantitative estimate of drug-likeness (QED) is 0.600. The Morgan fingerprint density at radius 2 is 2.24 bits per heavy atom. The zero-order valence-electron chi connectivity index (χ0n) is 10.2. The van der Waals surface area contributed by atoms with Crippen molar-refractivity contribution >= 4 is 11.5 Å². The van der Waals surface area contributed by atoms with Crippen LogP contribution in [-0.4, -0.2) is 33.8 Å². The van der Waals surface area contributed by atoms with Crippen LogP contribution in [0.5, 0.6) is 0 Å². The van der Waals surface area contributed by atoms with Gasteiger partial charge in [0.1, 0.15) is 5.69 Å². The summed E-state index contributed by atoms with van der Waals surface area (Å²) in [5.74, 6) is 0.543. The molecule has 2 heterocycles. The third-order valence-corrected chi connectivity index (χ3v) is 2.90. The Labute approximate surface area is 99.3 Å². The van der Waals surface area contributed by atoms with Gasteiger partial charge in [0, 0.05) is 26.1 Å². The molecule has 1 fully saturated rings. The molecule has 1 aromatic heterocycles. The Hall–Kier alpha value is -1.63. The zero-order valence-corrected chi connectivity index (χ0v) is 10.2. The SMILES string of the molecule is CC(C)c1nn(C)c(NC2CNC2)c1[N+](=O)[O-]. The van der Waals surface area contributed by atoms with Crippen LogP contribution < -0.4 is 10.6 Å². The zero-order chi connectivity index (χ0) is 12.6. The molecule has 1 aromatic rings. The van der Waals surface area contributed by atoms with Crippen LogP contribution in [-0.2, 0) is 7.05 Å². The largest absolute Gasteiger partial charge is 0.359 e. The first-order valence-electron chi connectivity index (χ1n) is 5.69. The molecule has 0 amide bonds. The first kappa shape index (κ1) is 11.8. The first-order valence-corrected chi connectivity index (χ1v) is 5.69. The minimum Gasteiger partial charge on any atom is -0.359 e. The summed E-state index contributed by atoms with van der Waals surface area (Å²) in [5, 5.41) is 21.7. The molecule has 7 nitrogen and oxygen atoms in total. The Morgan fingerprint density at radius 1 is 1.59 bits per heavy atom. The van der Waals surface area contributed by atoms with Gasteiger partial charge in [-0.1, -0.05) is 13.8 Å². The fraction of sp³-hybridized carbons (Fsp3) is 0.700. The summed E-state index contributed by atoms with van der Waals surface area (Å²) in [6, 6.07) is 0.254. The number of anilines is 1. The average molecular weight is 239 g/mol. The maximum absolute atomic E-state index is 11.1. The number of nitro groups is 1. The van der Waals surface area contributed by atoms with E-state index < -0.39 is 0 Å². The van der Waals surface area contributed by atoms with Crippen LogP contribution in [0.15, 0.2) is 0 Å². The van der Waals surface area contributed by atoms with Crippen LogP contribution in [0.3, 0.4) is 0 Å². The van der Waals surface area contributed by atoms with E-state index in [2.05, 4.69) is 15.7 Å². The van der Waals surface area contributed by atoms with Gasteiger partial charge in [0.05, 0.1) is 11.0 Å². The summed E-state index contributed by atoms with van der Waals surface area (Å²) < 4.78 is 1.56. The molecule has 0 unspecified atom stereocenters. The third-order valence-electron chi connectivity index (χ3n) is 2.90. The Morgan fingerprint density at radius 3 is 2.65 bits per heavy atom. The van der Waals surface area contributed by atoms with E-state index in [4.69, 9.17) is 0 Å². The van der Waals surface area contributed by atoms with E-state index in [1.165, 1.54) is 0 Å². The number of hydrogen-bond donors (Lipinski definition) is 2. The lowest BCUT2D eigenvalue weighted by atomic mass is 10.1. The second-order valence-corrected chi connectivity index (χ2v) is 4.62. The predicted octanol–water partition coefficient (Wildman–Crippen LogP) is 0.835. The van der Waals surface area contributed by atoms with Gasteiger partial charge in [0.15, 0.2) is 0 Å². The molecule has 0 saturated carbocycles. The van der Waals surface area contributed by atoms with Gasteiger partial charge in [-0.3, -0.25) is 10.1 Å².